The van der Waals surface area contributed by atoms with Crippen molar-refractivity contribution < 1.29 is 4.79 Å². The Morgan fingerprint density at radius 3 is 2.57 bits per heavy atom. The van der Waals surface area contributed by atoms with Gasteiger partial charge >= 0.3 is 0 Å². The molecule has 6 heteroatoms. The maximum atomic E-state index is 11.9. The summed E-state index contributed by atoms with van der Waals surface area (Å²) in [6.07, 6.45) is 6.30. The fourth-order valence-corrected chi connectivity index (χ4v) is 2.52. The number of thioether (sulfide) groups is 1. The molecule has 0 spiro atoms. The van der Waals surface area contributed by atoms with Crippen LogP contribution in [0.25, 0.3) is 0 Å². The normalized spacial score (nSPS) is 10.4. The molecule has 0 atom stereocenters. The molecular formula is C15H18N4OS. The predicted molar refractivity (Wildman–Crippen MR) is 84.5 cm³/mol. The lowest BCUT2D eigenvalue weighted by Crippen LogP contribution is -2.13. The third-order valence-electron chi connectivity index (χ3n) is 3.13. The Bertz CT molecular complexity index is 608. The van der Waals surface area contributed by atoms with E-state index in [9.17, 15) is 4.79 Å². The molecule has 0 aliphatic rings. The number of hydrogen-bond donors (Lipinski definition) is 1. The predicted octanol–water partition coefficient (Wildman–Crippen LogP) is 2.78. The average molecular weight is 302 g/mol. The van der Waals surface area contributed by atoms with Crippen LogP contribution in [-0.4, -0.2) is 27.1 Å². The van der Waals surface area contributed by atoms with Crippen LogP contribution in [0.5, 0.6) is 0 Å². The minimum absolute atomic E-state index is 0.0317. The van der Waals surface area contributed by atoms with Gasteiger partial charge in [-0.15, -0.1) is 0 Å². The van der Waals surface area contributed by atoms with Crippen LogP contribution in [-0.2, 0) is 11.2 Å². The summed E-state index contributed by atoms with van der Waals surface area (Å²) in [5, 5.41) is 3.60. The van der Waals surface area contributed by atoms with Gasteiger partial charge in [-0.3, -0.25) is 9.78 Å². The highest BCUT2D eigenvalue weighted by atomic mass is 32.2. The van der Waals surface area contributed by atoms with E-state index in [-0.39, 0.29) is 5.91 Å². The lowest BCUT2D eigenvalue weighted by Gasteiger charge is -2.10. The quantitative estimate of drug-likeness (QED) is 0.679. The Morgan fingerprint density at radius 2 is 2.00 bits per heavy atom. The molecular weight excluding hydrogens is 284 g/mol. The number of aromatic nitrogens is 3. The van der Waals surface area contributed by atoms with E-state index in [1.165, 1.54) is 11.8 Å². The van der Waals surface area contributed by atoms with Gasteiger partial charge in [0, 0.05) is 24.0 Å². The molecule has 2 aromatic heterocycles. The number of aryl methyl sites for hydroxylation is 2. The number of carbonyl (C=O) groups is 1. The molecule has 1 N–H and O–H groups in total. The third-order valence-corrected chi connectivity index (χ3v) is 3.68. The Morgan fingerprint density at radius 1 is 1.29 bits per heavy atom. The van der Waals surface area contributed by atoms with E-state index >= 15 is 0 Å². The van der Waals surface area contributed by atoms with Crippen LogP contribution < -0.4 is 5.32 Å². The van der Waals surface area contributed by atoms with E-state index in [1.54, 1.807) is 18.5 Å². The first-order chi connectivity index (χ1) is 10.1. The third kappa shape index (κ3) is 4.26. The van der Waals surface area contributed by atoms with Crippen molar-refractivity contribution in [3.05, 3.63) is 41.5 Å². The number of amides is 1. The zero-order chi connectivity index (χ0) is 15.2. The molecule has 2 aromatic rings. The van der Waals surface area contributed by atoms with Crippen molar-refractivity contribution in [2.45, 2.75) is 31.8 Å². The maximum absolute atomic E-state index is 11.9. The van der Waals surface area contributed by atoms with Crippen LogP contribution in [0.4, 0.5) is 5.69 Å². The second-order valence-corrected chi connectivity index (χ2v) is 5.42. The van der Waals surface area contributed by atoms with E-state index in [0.717, 1.165) is 22.1 Å². The zero-order valence-corrected chi connectivity index (χ0v) is 13.2. The van der Waals surface area contributed by atoms with Gasteiger partial charge in [0.25, 0.3) is 0 Å². The summed E-state index contributed by atoms with van der Waals surface area (Å²) in [6.45, 7) is 3.92. The standard InChI is InChI=1S/C15H18N4OS/c1-10-13(11(2)18-15(17-10)21-3)6-7-14(20)19-12-5-4-8-16-9-12/h4-5,8-9H,6-7H2,1-3H3,(H,19,20). The lowest BCUT2D eigenvalue weighted by atomic mass is 10.1. The monoisotopic (exact) mass is 302 g/mol. The zero-order valence-electron chi connectivity index (χ0n) is 12.4. The van der Waals surface area contributed by atoms with Crippen molar-refractivity contribution in [3.8, 4) is 0 Å². The Balaban J connectivity index is 1.98. The first-order valence-corrected chi connectivity index (χ1v) is 7.90. The molecule has 0 saturated heterocycles. The van der Waals surface area contributed by atoms with Gasteiger partial charge in [-0.25, -0.2) is 9.97 Å². The molecule has 0 aliphatic heterocycles. The van der Waals surface area contributed by atoms with Crippen LogP contribution in [0.1, 0.15) is 23.4 Å². The number of carbonyl (C=O) groups excluding carboxylic acids is 1. The van der Waals surface area contributed by atoms with E-state index in [0.29, 0.717) is 18.5 Å². The number of nitrogens with zero attached hydrogens (tertiary/aromatic N) is 3. The summed E-state index contributed by atoms with van der Waals surface area (Å²) in [7, 11) is 0. The molecule has 110 valence electrons. The van der Waals surface area contributed by atoms with E-state index in [4.69, 9.17) is 0 Å². The molecule has 2 rings (SSSR count). The van der Waals surface area contributed by atoms with Crippen LogP contribution in [0, 0.1) is 13.8 Å². The van der Waals surface area contributed by atoms with E-state index < -0.39 is 0 Å². The van der Waals surface area contributed by atoms with Gasteiger partial charge in [-0.1, -0.05) is 11.8 Å². The second kappa shape index (κ2) is 7.17. The molecule has 0 unspecified atom stereocenters. The molecule has 1 amide bonds. The molecule has 0 bridgehead atoms. The van der Waals surface area contributed by atoms with Crippen molar-refractivity contribution in [2.75, 3.05) is 11.6 Å². The smallest absolute Gasteiger partial charge is 0.224 e. The van der Waals surface area contributed by atoms with Crippen LogP contribution >= 0.6 is 11.8 Å². The molecule has 21 heavy (non-hydrogen) atoms. The van der Waals surface area contributed by atoms with Gasteiger partial charge in [0.2, 0.25) is 5.91 Å². The van der Waals surface area contributed by atoms with Crippen LogP contribution in [0.2, 0.25) is 0 Å². The summed E-state index contributed by atoms with van der Waals surface area (Å²) in [4.78, 5) is 24.8. The topological polar surface area (TPSA) is 67.8 Å². The molecule has 0 aliphatic carbocycles. The molecule has 0 radical (unpaired) electrons. The second-order valence-electron chi connectivity index (χ2n) is 4.65. The van der Waals surface area contributed by atoms with Crippen LogP contribution in [0.3, 0.4) is 0 Å². The first-order valence-electron chi connectivity index (χ1n) is 6.68. The van der Waals surface area contributed by atoms with Gasteiger partial charge in [0.15, 0.2) is 5.16 Å². The SMILES string of the molecule is CSc1nc(C)c(CCC(=O)Nc2cccnc2)c(C)n1. The number of rotatable bonds is 5. The lowest BCUT2D eigenvalue weighted by molar-refractivity contribution is -0.116. The van der Waals surface area contributed by atoms with Gasteiger partial charge in [-0.2, -0.15) is 0 Å². The highest BCUT2D eigenvalue weighted by Gasteiger charge is 2.10. The largest absolute Gasteiger partial charge is 0.325 e. The van der Waals surface area contributed by atoms with Gasteiger partial charge in [0.05, 0.1) is 11.9 Å². The van der Waals surface area contributed by atoms with E-state index in [1.807, 2.05) is 26.2 Å². The average Bonchev–Trinajstić information content (AvgIpc) is 2.47. The number of anilines is 1. The molecule has 0 saturated carbocycles. The fourth-order valence-electron chi connectivity index (χ4n) is 2.06. The Labute approximate surface area is 128 Å². The van der Waals surface area contributed by atoms with Gasteiger partial charge in [-0.05, 0) is 44.2 Å². The number of nitrogens with one attached hydrogen (secondary N) is 1. The highest BCUT2D eigenvalue weighted by molar-refractivity contribution is 7.98. The van der Waals surface area contributed by atoms with Crippen molar-refractivity contribution in [1.82, 2.24) is 15.0 Å². The summed E-state index contributed by atoms with van der Waals surface area (Å²) in [5.41, 5.74) is 3.65. The van der Waals surface area contributed by atoms with Crippen LogP contribution in [0.15, 0.2) is 29.7 Å². The minimum Gasteiger partial charge on any atom is -0.325 e. The summed E-state index contributed by atoms with van der Waals surface area (Å²) >= 11 is 1.52. The molecule has 2 heterocycles. The van der Waals surface area contributed by atoms with Gasteiger partial charge in [0.1, 0.15) is 0 Å². The summed E-state index contributed by atoms with van der Waals surface area (Å²) < 4.78 is 0. The summed E-state index contributed by atoms with van der Waals surface area (Å²) in [6, 6.07) is 3.61. The first kappa shape index (κ1) is 15.4. The van der Waals surface area contributed by atoms with Crippen molar-refractivity contribution in [2.24, 2.45) is 0 Å². The van der Waals surface area contributed by atoms with Gasteiger partial charge < -0.3 is 5.32 Å². The van der Waals surface area contributed by atoms with Crippen molar-refractivity contribution in [1.29, 1.82) is 0 Å². The fraction of sp³-hybridized carbons (Fsp3) is 0.333. The maximum Gasteiger partial charge on any atom is 0.224 e. The van der Waals surface area contributed by atoms with Crippen molar-refractivity contribution in [3.63, 3.8) is 0 Å². The highest BCUT2D eigenvalue weighted by Crippen LogP contribution is 2.17. The minimum atomic E-state index is -0.0317. The van der Waals surface area contributed by atoms with Crippen molar-refractivity contribution >= 4 is 23.4 Å². The number of hydrogen-bond acceptors (Lipinski definition) is 5. The Kier molecular flexibility index (Phi) is 5.27. The molecule has 5 nitrogen and oxygen atoms in total. The molecule has 0 aromatic carbocycles. The van der Waals surface area contributed by atoms with E-state index in [2.05, 4.69) is 20.3 Å². The Hall–Kier alpha value is -1.95. The summed E-state index contributed by atoms with van der Waals surface area (Å²) in [5.74, 6) is -0.0317. The number of pyridine rings is 1. The molecule has 0 fully saturated rings.